The van der Waals surface area contributed by atoms with Gasteiger partial charge >= 0.3 is 0 Å². The molecule has 0 aromatic heterocycles. The minimum Gasteiger partial charge on any atom is -0.356 e. The van der Waals surface area contributed by atoms with Gasteiger partial charge in [0.15, 0.2) is 0 Å². The quantitative estimate of drug-likeness (QED) is 0.581. The van der Waals surface area contributed by atoms with Crippen molar-refractivity contribution < 1.29 is 17.3 Å². The molecule has 6 heteroatoms. The zero-order valence-corrected chi connectivity index (χ0v) is 13.1. The number of rotatable bonds is 2. The predicted octanol–water partition coefficient (Wildman–Crippen LogP) is 2.51. The number of alkyl halides is 1. The Kier molecular flexibility index (Phi) is 3.21. The van der Waals surface area contributed by atoms with Gasteiger partial charge in [-0.2, -0.15) is 8.42 Å². The molecule has 0 aromatic carbocycles. The second kappa shape index (κ2) is 4.33. The van der Waals surface area contributed by atoms with Crippen molar-refractivity contribution in [2.24, 2.45) is 17.3 Å². The van der Waals surface area contributed by atoms with Crippen LogP contribution in [0, 0.1) is 17.3 Å². The lowest BCUT2D eigenvalue weighted by molar-refractivity contribution is -0.136. The molecule has 3 aliphatic carbocycles. The van der Waals surface area contributed by atoms with Crippen molar-refractivity contribution in [3.63, 3.8) is 0 Å². The van der Waals surface area contributed by atoms with E-state index in [0.717, 1.165) is 12.8 Å². The van der Waals surface area contributed by atoms with Crippen LogP contribution >= 0.6 is 11.6 Å². The second-order valence-electron chi connectivity index (χ2n) is 7.11. The van der Waals surface area contributed by atoms with Crippen molar-refractivity contribution in [2.75, 3.05) is 0 Å². The Balaban J connectivity index is 1.82. The van der Waals surface area contributed by atoms with Crippen LogP contribution in [0.2, 0.25) is 0 Å². The van der Waals surface area contributed by atoms with Gasteiger partial charge in [-0.15, -0.1) is 0 Å². The van der Waals surface area contributed by atoms with Gasteiger partial charge in [0.1, 0.15) is 11.7 Å². The molecule has 3 saturated carbocycles. The molecule has 4 fully saturated rings. The van der Waals surface area contributed by atoms with Crippen LogP contribution in [0.4, 0.5) is 0 Å². The summed E-state index contributed by atoms with van der Waals surface area (Å²) in [6, 6.07) is 0. The fourth-order valence-electron chi connectivity index (χ4n) is 3.58. The molecule has 0 spiro atoms. The van der Waals surface area contributed by atoms with Crippen molar-refractivity contribution in [1.82, 2.24) is 0 Å². The molecule has 4 aliphatic rings. The van der Waals surface area contributed by atoms with Gasteiger partial charge in [-0.1, -0.05) is 32.4 Å². The summed E-state index contributed by atoms with van der Waals surface area (Å²) in [5.74, 6) is 0.365. The standard InChI is InChI=1S/C13H21ClO4S/c1-13(2,3)12(14)17-10-7-4-5-8-9(6-7)19(15,16)18-11(8)10/h7-12H,4-6H2,1-3H3. The summed E-state index contributed by atoms with van der Waals surface area (Å²) in [5, 5.41) is -0.306. The van der Waals surface area contributed by atoms with Gasteiger partial charge in [-0.3, -0.25) is 4.18 Å². The van der Waals surface area contributed by atoms with Crippen LogP contribution in [0.25, 0.3) is 0 Å². The highest BCUT2D eigenvalue weighted by Crippen LogP contribution is 2.53. The van der Waals surface area contributed by atoms with Crippen LogP contribution in [0.3, 0.4) is 0 Å². The van der Waals surface area contributed by atoms with E-state index < -0.39 is 15.7 Å². The Morgan fingerprint density at radius 3 is 2.63 bits per heavy atom. The first-order chi connectivity index (χ1) is 8.70. The van der Waals surface area contributed by atoms with Crippen molar-refractivity contribution in [1.29, 1.82) is 0 Å². The Morgan fingerprint density at radius 2 is 2.00 bits per heavy atom. The lowest BCUT2D eigenvalue weighted by Gasteiger charge is -2.45. The zero-order valence-electron chi connectivity index (χ0n) is 11.5. The van der Waals surface area contributed by atoms with Crippen molar-refractivity contribution in [2.45, 2.75) is 63.1 Å². The van der Waals surface area contributed by atoms with Crippen LogP contribution in [0.15, 0.2) is 0 Å². The molecule has 1 aliphatic heterocycles. The van der Waals surface area contributed by atoms with E-state index in [2.05, 4.69) is 0 Å². The Bertz CT molecular complexity index is 470. The average Bonchev–Trinajstić information content (AvgIpc) is 2.51. The van der Waals surface area contributed by atoms with Crippen molar-refractivity contribution in [3.05, 3.63) is 0 Å². The van der Waals surface area contributed by atoms with Crippen molar-refractivity contribution >= 4 is 21.7 Å². The summed E-state index contributed by atoms with van der Waals surface area (Å²) in [6.45, 7) is 6.04. The Morgan fingerprint density at radius 1 is 1.32 bits per heavy atom. The summed E-state index contributed by atoms with van der Waals surface area (Å²) >= 11 is 6.31. The fraction of sp³-hybridized carbons (Fsp3) is 1.00. The van der Waals surface area contributed by atoms with E-state index in [1.165, 1.54) is 0 Å². The van der Waals surface area contributed by atoms with Gasteiger partial charge in [0, 0.05) is 11.3 Å². The van der Waals surface area contributed by atoms with Crippen LogP contribution in [0.1, 0.15) is 40.0 Å². The summed E-state index contributed by atoms with van der Waals surface area (Å²) in [5.41, 5.74) is -0.600. The van der Waals surface area contributed by atoms with Crippen LogP contribution in [-0.4, -0.2) is 31.4 Å². The number of hydrogen-bond donors (Lipinski definition) is 0. The van der Waals surface area contributed by atoms with Crippen LogP contribution in [0.5, 0.6) is 0 Å². The average molecular weight is 309 g/mol. The van der Waals surface area contributed by atoms with E-state index in [4.69, 9.17) is 20.5 Å². The first kappa shape index (κ1) is 14.1. The first-order valence-corrected chi connectivity index (χ1v) is 8.82. The number of hydrogen-bond acceptors (Lipinski definition) is 4. The third-order valence-corrected chi connectivity index (χ3v) is 7.20. The molecule has 1 heterocycles. The smallest absolute Gasteiger partial charge is 0.270 e. The van der Waals surface area contributed by atoms with Crippen molar-refractivity contribution in [3.8, 4) is 0 Å². The highest BCUT2D eigenvalue weighted by molar-refractivity contribution is 7.87. The van der Waals surface area contributed by atoms with Gasteiger partial charge in [-0.25, -0.2) is 0 Å². The molecule has 1 saturated heterocycles. The molecule has 6 atom stereocenters. The molecule has 0 amide bonds. The fourth-order valence-corrected chi connectivity index (χ4v) is 5.61. The molecular weight excluding hydrogens is 288 g/mol. The van der Waals surface area contributed by atoms with E-state index in [1.807, 2.05) is 20.8 Å². The van der Waals surface area contributed by atoms with Gasteiger partial charge in [0.05, 0.1) is 11.4 Å². The Hall–Kier alpha value is 0.160. The van der Waals surface area contributed by atoms with Gasteiger partial charge in [0.2, 0.25) is 0 Å². The molecule has 4 rings (SSSR count). The third kappa shape index (κ3) is 2.23. The van der Waals surface area contributed by atoms with Crippen LogP contribution in [-0.2, 0) is 19.0 Å². The minimum absolute atomic E-state index is 0.101. The van der Waals surface area contributed by atoms with Gasteiger partial charge < -0.3 is 4.74 Å². The molecule has 0 radical (unpaired) electrons. The summed E-state index contributed by atoms with van der Waals surface area (Å²) in [6.07, 6.45) is 2.14. The van der Waals surface area contributed by atoms with Gasteiger partial charge in [-0.05, 0) is 25.2 Å². The lowest BCUT2D eigenvalue weighted by Crippen LogP contribution is -2.52. The normalized spacial score (nSPS) is 45.4. The molecule has 0 aromatic rings. The maximum Gasteiger partial charge on any atom is 0.270 e. The molecule has 4 nitrogen and oxygen atoms in total. The predicted molar refractivity (Wildman–Crippen MR) is 72.4 cm³/mol. The lowest BCUT2D eigenvalue weighted by atomic mass is 9.67. The molecule has 0 N–H and O–H groups in total. The zero-order chi connectivity index (χ0) is 14.0. The van der Waals surface area contributed by atoms with E-state index in [-0.39, 0.29) is 34.7 Å². The van der Waals surface area contributed by atoms with E-state index in [9.17, 15) is 8.42 Å². The molecular formula is C13H21ClO4S. The number of fused-ring (bicyclic) bond motifs is 1. The highest BCUT2D eigenvalue weighted by Gasteiger charge is 2.61. The second-order valence-corrected chi connectivity index (χ2v) is 9.29. The summed E-state index contributed by atoms with van der Waals surface area (Å²) < 4.78 is 35.2. The number of ether oxygens (including phenoxy) is 1. The maximum absolute atomic E-state index is 12.0. The third-order valence-electron chi connectivity index (χ3n) is 4.67. The molecule has 19 heavy (non-hydrogen) atoms. The van der Waals surface area contributed by atoms with E-state index in [0.29, 0.717) is 6.42 Å². The Labute approximate surface area is 119 Å². The maximum atomic E-state index is 12.0. The van der Waals surface area contributed by atoms with Crippen LogP contribution < -0.4 is 0 Å². The topological polar surface area (TPSA) is 52.6 Å². The molecule has 6 unspecified atom stereocenters. The molecule has 4 bridgehead atoms. The summed E-state index contributed by atoms with van der Waals surface area (Å²) in [4.78, 5) is 0. The molecule has 110 valence electrons. The van der Waals surface area contributed by atoms with E-state index in [1.54, 1.807) is 0 Å². The largest absolute Gasteiger partial charge is 0.356 e. The summed E-state index contributed by atoms with van der Waals surface area (Å²) in [7, 11) is -3.38. The highest BCUT2D eigenvalue weighted by atomic mass is 35.5. The number of halogens is 1. The van der Waals surface area contributed by atoms with Gasteiger partial charge in [0.25, 0.3) is 10.1 Å². The first-order valence-electron chi connectivity index (χ1n) is 6.92. The monoisotopic (exact) mass is 308 g/mol. The minimum atomic E-state index is -3.38. The SMILES string of the molecule is CC(C)(C)C(Cl)OC1C2CCC3C1OS(=O)(=O)C3C2. The van der Waals surface area contributed by atoms with E-state index >= 15 is 0 Å².